The highest BCUT2D eigenvalue weighted by molar-refractivity contribution is 6.05. The van der Waals surface area contributed by atoms with Crippen LogP contribution in [0.2, 0.25) is 0 Å². The zero-order chi connectivity index (χ0) is 28.8. The lowest BCUT2D eigenvalue weighted by molar-refractivity contribution is -0.146. The predicted molar refractivity (Wildman–Crippen MR) is 142 cm³/mol. The summed E-state index contributed by atoms with van der Waals surface area (Å²) in [4.78, 5) is 65.3. The van der Waals surface area contributed by atoms with E-state index in [4.69, 9.17) is 4.74 Å². The second-order valence-electron chi connectivity index (χ2n) is 9.01. The van der Waals surface area contributed by atoms with Crippen molar-refractivity contribution in [2.45, 2.75) is 39.7 Å². The molecule has 0 radical (unpaired) electrons. The second kappa shape index (κ2) is 12.2. The number of fused-ring (bicyclic) bond motifs is 1. The molecule has 0 bridgehead atoms. The fraction of sp³-hybridized carbons (Fsp3) is 0.296. The maximum atomic E-state index is 13.3. The summed E-state index contributed by atoms with van der Waals surface area (Å²) in [7, 11) is 0. The largest absolute Gasteiger partial charge is 0.425 e. The number of amides is 3. The van der Waals surface area contributed by atoms with Gasteiger partial charge < -0.3 is 20.1 Å². The monoisotopic (exact) mass is 548 g/mol. The first-order valence-corrected chi connectivity index (χ1v) is 12.5. The third-order valence-electron chi connectivity index (χ3n) is 6.20. The molecule has 3 aromatic rings. The van der Waals surface area contributed by atoms with Crippen molar-refractivity contribution in [3.8, 4) is 0 Å². The quantitative estimate of drug-likeness (QED) is 0.167. The van der Waals surface area contributed by atoms with Crippen molar-refractivity contribution in [2.75, 3.05) is 18.7 Å². The average molecular weight is 549 g/mol. The molecular formula is C27H28N6O7. The van der Waals surface area contributed by atoms with Crippen LogP contribution >= 0.6 is 0 Å². The van der Waals surface area contributed by atoms with E-state index in [9.17, 15) is 24.0 Å². The summed E-state index contributed by atoms with van der Waals surface area (Å²) in [6, 6.07) is 5.57. The number of nitrogens with zero attached hydrogens (tertiary/aromatic N) is 4. The Kier molecular flexibility index (Phi) is 8.52. The lowest BCUT2D eigenvalue weighted by atomic mass is 10.1. The van der Waals surface area contributed by atoms with Crippen molar-refractivity contribution < 1.29 is 33.4 Å². The zero-order valence-corrected chi connectivity index (χ0v) is 22.2. The van der Waals surface area contributed by atoms with Crippen LogP contribution in [-0.4, -0.2) is 69.0 Å². The summed E-state index contributed by atoms with van der Waals surface area (Å²) in [6.07, 6.45) is 5.94. The van der Waals surface area contributed by atoms with E-state index in [0.717, 1.165) is 35.5 Å². The van der Waals surface area contributed by atoms with Gasteiger partial charge in [0.05, 0.1) is 5.56 Å². The number of imide groups is 1. The van der Waals surface area contributed by atoms with E-state index in [1.54, 1.807) is 26.0 Å². The van der Waals surface area contributed by atoms with E-state index < -0.39 is 24.8 Å². The highest BCUT2D eigenvalue weighted by Gasteiger charge is 2.28. The summed E-state index contributed by atoms with van der Waals surface area (Å²) in [5, 5.41) is 10.4. The van der Waals surface area contributed by atoms with Crippen LogP contribution in [0.5, 0.6) is 0 Å². The Bertz CT molecular complexity index is 1510. The number of hydrogen-bond donors (Lipinski definition) is 2. The van der Waals surface area contributed by atoms with Crippen molar-refractivity contribution in [3.05, 3.63) is 65.1 Å². The molecule has 2 N–H and O–H groups in total. The first-order valence-electron chi connectivity index (χ1n) is 12.5. The van der Waals surface area contributed by atoms with E-state index >= 15 is 0 Å². The molecule has 0 aliphatic heterocycles. The molecule has 0 unspecified atom stereocenters. The minimum Gasteiger partial charge on any atom is -0.425 e. The van der Waals surface area contributed by atoms with Gasteiger partial charge in [-0.1, -0.05) is 6.07 Å². The van der Waals surface area contributed by atoms with Crippen LogP contribution in [0.1, 0.15) is 51.6 Å². The Labute approximate surface area is 229 Å². The van der Waals surface area contributed by atoms with Crippen LogP contribution in [0.4, 0.5) is 16.3 Å². The Morgan fingerprint density at radius 1 is 1.18 bits per heavy atom. The molecule has 1 aliphatic carbocycles. The number of carbonyl (C=O) groups excluding carboxylic acids is 5. The Morgan fingerprint density at radius 3 is 2.65 bits per heavy atom. The standard InChI is InChI=1S/C27H28N6O7/c1-4-32(27(38)40-15-39-22(35)6-5-11-34)26(37)20-13-33-23(17(20)3)24(28-14-29-33)31-21-12-18(8-7-16(21)2)25(36)30-19-9-10-19/h5-8,11-14,19H,4,9-10,15H2,1-3H3,(H,30,36)(H,28,29,31)/b6-5+. The zero-order valence-electron chi connectivity index (χ0n) is 22.2. The van der Waals surface area contributed by atoms with Gasteiger partial charge in [0.25, 0.3) is 11.8 Å². The molecule has 13 heteroatoms. The van der Waals surface area contributed by atoms with E-state index in [1.165, 1.54) is 17.0 Å². The van der Waals surface area contributed by atoms with Crippen LogP contribution in [0.25, 0.3) is 5.52 Å². The molecule has 0 spiro atoms. The van der Waals surface area contributed by atoms with Crippen molar-refractivity contribution in [1.29, 1.82) is 0 Å². The lowest BCUT2D eigenvalue weighted by Crippen LogP contribution is -2.37. The van der Waals surface area contributed by atoms with Crippen molar-refractivity contribution in [3.63, 3.8) is 0 Å². The number of allylic oxidation sites excluding steroid dienone is 1. The molecule has 208 valence electrons. The summed E-state index contributed by atoms with van der Waals surface area (Å²) in [5.41, 5.74) is 3.23. The molecule has 1 saturated carbocycles. The molecule has 1 aromatic carbocycles. The number of hydrogen-bond acceptors (Lipinski definition) is 10. The maximum absolute atomic E-state index is 13.3. The number of ether oxygens (including phenoxy) is 2. The number of benzene rings is 1. The minimum atomic E-state index is -1.02. The highest BCUT2D eigenvalue weighted by Crippen LogP contribution is 2.28. The number of aryl methyl sites for hydroxylation is 2. The SMILES string of the molecule is CCN(C(=O)OCOC(=O)/C=C/C=O)C(=O)c1cn2ncnc(Nc3cc(C(=O)NC4CC4)ccc3C)c2c1C. The molecular weight excluding hydrogens is 520 g/mol. The van der Waals surface area contributed by atoms with E-state index in [2.05, 4.69) is 25.5 Å². The van der Waals surface area contributed by atoms with Crippen molar-refractivity contribution in [2.24, 2.45) is 0 Å². The molecule has 0 saturated heterocycles. The molecule has 4 rings (SSSR count). The third kappa shape index (κ3) is 6.31. The summed E-state index contributed by atoms with van der Waals surface area (Å²) >= 11 is 0. The van der Waals surface area contributed by atoms with Gasteiger partial charge in [-0.2, -0.15) is 5.10 Å². The van der Waals surface area contributed by atoms with Gasteiger partial charge in [-0.15, -0.1) is 0 Å². The average Bonchev–Trinajstić information content (AvgIpc) is 3.69. The number of aromatic nitrogens is 3. The molecule has 0 atom stereocenters. The normalized spacial score (nSPS) is 12.7. The number of carbonyl (C=O) groups is 5. The van der Waals surface area contributed by atoms with E-state index in [-0.39, 0.29) is 24.1 Å². The van der Waals surface area contributed by atoms with E-state index in [0.29, 0.717) is 34.4 Å². The molecule has 13 nitrogen and oxygen atoms in total. The molecule has 3 amide bonds. The molecule has 1 aliphatic rings. The van der Waals surface area contributed by atoms with Gasteiger partial charge in [-0.3, -0.25) is 14.4 Å². The van der Waals surface area contributed by atoms with Crippen LogP contribution in [-0.2, 0) is 19.1 Å². The first-order chi connectivity index (χ1) is 19.2. The van der Waals surface area contributed by atoms with Gasteiger partial charge in [-0.05, 0) is 62.9 Å². The van der Waals surface area contributed by atoms with Gasteiger partial charge in [0.15, 0.2) is 5.82 Å². The lowest BCUT2D eigenvalue weighted by Gasteiger charge is -2.18. The number of rotatable bonds is 10. The molecule has 1 fully saturated rings. The van der Waals surface area contributed by atoms with Crippen LogP contribution in [0.3, 0.4) is 0 Å². The Balaban J connectivity index is 1.54. The molecule has 40 heavy (non-hydrogen) atoms. The maximum Gasteiger partial charge on any atom is 0.419 e. The van der Waals surface area contributed by atoms with Gasteiger partial charge in [-0.25, -0.2) is 24.0 Å². The highest BCUT2D eigenvalue weighted by atomic mass is 16.7. The smallest absolute Gasteiger partial charge is 0.419 e. The third-order valence-corrected chi connectivity index (χ3v) is 6.20. The molecule has 2 heterocycles. The van der Waals surface area contributed by atoms with Crippen LogP contribution in [0, 0.1) is 13.8 Å². The fourth-order valence-corrected chi connectivity index (χ4v) is 3.87. The van der Waals surface area contributed by atoms with Gasteiger partial charge >= 0.3 is 12.1 Å². The molecule has 2 aromatic heterocycles. The van der Waals surface area contributed by atoms with Crippen LogP contribution < -0.4 is 10.6 Å². The fourth-order valence-electron chi connectivity index (χ4n) is 3.87. The van der Waals surface area contributed by atoms with Gasteiger partial charge in [0.1, 0.15) is 18.1 Å². The Hall–Kier alpha value is -5.07. The topological polar surface area (TPSA) is 161 Å². The summed E-state index contributed by atoms with van der Waals surface area (Å²) in [5.74, 6) is -1.28. The Morgan fingerprint density at radius 2 is 1.95 bits per heavy atom. The van der Waals surface area contributed by atoms with Crippen molar-refractivity contribution in [1.82, 2.24) is 24.8 Å². The number of anilines is 2. The van der Waals surface area contributed by atoms with Gasteiger partial charge in [0.2, 0.25) is 6.79 Å². The summed E-state index contributed by atoms with van der Waals surface area (Å²) < 4.78 is 11.0. The first kappa shape index (κ1) is 28.0. The number of esters is 1. The van der Waals surface area contributed by atoms with Gasteiger partial charge in [0, 0.05) is 36.1 Å². The number of nitrogens with one attached hydrogen (secondary N) is 2. The van der Waals surface area contributed by atoms with Crippen LogP contribution in [0.15, 0.2) is 42.9 Å². The minimum absolute atomic E-state index is 0.0199. The van der Waals surface area contributed by atoms with E-state index in [1.807, 2.05) is 13.0 Å². The van der Waals surface area contributed by atoms with Crippen molar-refractivity contribution >= 4 is 47.2 Å². The second-order valence-corrected chi connectivity index (χ2v) is 9.01. The predicted octanol–water partition coefficient (Wildman–Crippen LogP) is 2.84. The summed E-state index contributed by atoms with van der Waals surface area (Å²) in [6.45, 7) is 4.42. The number of aldehydes is 1.